The zero-order valence-electron chi connectivity index (χ0n) is 14.4. The van der Waals surface area contributed by atoms with Crippen LogP contribution in [0.25, 0.3) is 0 Å². The lowest BCUT2D eigenvalue weighted by Gasteiger charge is -2.34. The zero-order valence-corrected chi connectivity index (χ0v) is 15.3. The van der Waals surface area contributed by atoms with Crippen molar-refractivity contribution in [2.45, 2.75) is 45.2 Å². The molecule has 0 aromatic carbocycles. The van der Waals surface area contributed by atoms with Gasteiger partial charge in [0.25, 0.3) is 0 Å². The van der Waals surface area contributed by atoms with Gasteiger partial charge in [0.1, 0.15) is 5.01 Å². The quantitative estimate of drug-likeness (QED) is 0.774. The van der Waals surface area contributed by atoms with Crippen molar-refractivity contribution >= 4 is 17.1 Å². The highest BCUT2D eigenvalue weighted by atomic mass is 32.1. The molecule has 0 aliphatic carbocycles. The fourth-order valence-electron chi connectivity index (χ4n) is 2.74. The summed E-state index contributed by atoms with van der Waals surface area (Å²) in [6.07, 6.45) is 1.94. The second-order valence-electron chi connectivity index (χ2n) is 7.18. The van der Waals surface area contributed by atoms with Gasteiger partial charge >= 0.3 is 0 Å². The number of rotatable bonds is 5. The molecule has 0 spiro atoms. The molecule has 1 fully saturated rings. The van der Waals surface area contributed by atoms with Crippen LogP contribution < -0.4 is 0 Å². The normalized spacial score (nSPS) is 19.5. The van der Waals surface area contributed by atoms with Crippen molar-refractivity contribution in [1.29, 1.82) is 0 Å². The predicted molar refractivity (Wildman–Crippen MR) is 93.5 cm³/mol. The van der Waals surface area contributed by atoms with Crippen LogP contribution in [0.1, 0.15) is 48.4 Å². The maximum atomic E-state index is 12.3. The van der Waals surface area contributed by atoms with E-state index in [1.54, 1.807) is 23.5 Å². The number of carbonyl (C=O) groups excluding carboxylic acids is 1. The standard InChI is InChI=1S/C18H24N2O3S/c1-18(2,3)16-12-24-17(19-16)10-20-6-8-22-11-13(20)9-14(21)15-5-4-7-23-15/h4-5,7,12-13H,6,8-11H2,1-3H3/t13-/m0/s1. The van der Waals surface area contributed by atoms with Crippen LogP contribution in [0.3, 0.4) is 0 Å². The SMILES string of the molecule is CC(C)(C)c1csc(CN2CCOC[C@@H]2CC(=O)c2ccco2)n1. The third-order valence-electron chi connectivity index (χ3n) is 4.23. The molecule has 130 valence electrons. The van der Waals surface area contributed by atoms with Gasteiger partial charge in [-0.2, -0.15) is 0 Å². The maximum Gasteiger partial charge on any atom is 0.199 e. The molecule has 6 heteroatoms. The Balaban J connectivity index is 1.66. The van der Waals surface area contributed by atoms with Crippen LogP contribution in [0.4, 0.5) is 0 Å². The number of thiazole rings is 1. The molecular weight excluding hydrogens is 324 g/mol. The molecule has 0 N–H and O–H groups in total. The highest BCUT2D eigenvalue weighted by Gasteiger charge is 2.28. The van der Waals surface area contributed by atoms with E-state index < -0.39 is 0 Å². The Labute approximate surface area is 146 Å². The molecule has 1 atom stereocenters. The number of morpholine rings is 1. The Hall–Kier alpha value is -1.50. The fourth-order valence-corrected chi connectivity index (χ4v) is 3.78. The van der Waals surface area contributed by atoms with Gasteiger partial charge in [-0.15, -0.1) is 11.3 Å². The highest BCUT2D eigenvalue weighted by molar-refractivity contribution is 7.09. The number of Topliss-reactive ketones (excluding diaryl/α,β-unsaturated/α-hetero) is 1. The lowest BCUT2D eigenvalue weighted by Crippen LogP contribution is -2.45. The first kappa shape index (κ1) is 17.3. The van der Waals surface area contributed by atoms with Crippen molar-refractivity contribution in [2.75, 3.05) is 19.8 Å². The van der Waals surface area contributed by atoms with Gasteiger partial charge < -0.3 is 9.15 Å². The summed E-state index contributed by atoms with van der Waals surface area (Å²) in [5, 5.41) is 3.23. The Kier molecular flexibility index (Phi) is 5.18. The first-order valence-electron chi connectivity index (χ1n) is 8.27. The number of nitrogens with zero attached hydrogens (tertiary/aromatic N) is 2. The number of furan rings is 1. The summed E-state index contributed by atoms with van der Waals surface area (Å²) in [6.45, 7) is 9.37. The van der Waals surface area contributed by atoms with Gasteiger partial charge in [-0.25, -0.2) is 4.98 Å². The maximum absolute atomic E-state index is 12.3. The van der Waals surface area contributed by atoms with Gasteiger partial charge in [0, 0.05) is 29.8 Å². The molecule has 1 aliphatic heterocycles. The van der Waals surface area contributed by atoms with E-state index in [9.17, 15) is 4.79 Å². The lowest BCUT2D eigenvalue weighted by molar-refractivity contribution is -0.0128. The molecule has 1 aliphatic rings. The molecule has 0 radical (unpaired) electrons. The molecular formula is C18H24N2O3S. The van der Waals surface area contributed by atoms with Crippen molar-refractivity contribution in [3.05, 3.63) is 40.2 Å². The summed E-state index contributed by atoms with van der Waals surface area (Å²) < 4.78 is 10.8. The Morgan fingerprint density at radius 3 is 2.96 bits per heavy atom. The van der Waals surface area contributed by atoms with Gasteiger partial charge in [-0.05, 0) is 12.1 Å². The van der Waals surface area contributed by atoms with E-state index in [4.69, 9.17) is 14.1 Å². The van der Waals surface area contributed by atoms with Crippen LogP contribution in [0.2, 0.25) is 0 Å². The minimum Gasteiger partial charge on any atom is -0.461 e. The number of carbonyl (C=O) groups is 1. The molecule has 3 heterocycles. The van der Waals surface area contributed by atoms with Gasteiger partial charge in [-0.1, -0.05) is 20.8 Å². The van der Waals surface area contributed by atoms with Crippen molar-refractivity contribution in [3.63, 3.8) is 0 Å². The fraction of sp³-hybridized carbons (Fsp3) is 0.556. The van der Waals surface area contributed by atoms with Crippen LogP contribution in [0, 0.1) is 0 Å². The average molecular weight is 348 g/mol. The smallest absolute Gasteiger partial charge is 0.199 e. The number of aromatic nitrogens is 1. The third-order valence-corrected chi connectivity index (χ3v) is 5.06. The molecule has 0 saturated carbocycles. The zero-order chi connectivity index (χ0) is 17.2. The van der Waals surface area contributed by atoms with Crippen molar-refractivity contribution < 1.29 is 13.9 Å². The molecule has 0 bridgehead atoms. The number of ketones is 1. The van der Waals surface area contributed by atoms with Crippen LogP contribution in [-0.4, -0.2) is 41.5 Å². The largest absolute Gasteiger partial charge is 0.461 e. The summed E-state index contributed by atoms with van der Waals surface area (Å²) in [5.41, 5.74) is 1.19. The van der Waals surface area contributed by atoms with Gasteiger partial charge in [0.05, 0.1) is 31.7 Å². The van der Waals surface area contributed by atoms with Crippen LogP contribution in [0.15, 0.2) is 28.2 Å². The van der Waals surface area contributed by atoms with E-state index in [0.29, 0.717) is 25.4 Å². The number of hydrogen-bond acceptors (Lipinski definition) is 6. The van der Waals surface area contributed by atoms with Crippen molar-refractivity contribution in [3.8, 4) is 0 Å². The monoisotopic (exact) mass is 348 g/mol. The third kappa shape index (κ3) is 4.12. The van der Waals surface area contributed by atoms with Crippen LogP contribution in [0.5, 0.6) is 0 Å². The van der Waals surface area contributed by atoms with Gasteiger partial charge in [-0.3, -0.25) is 9.69 Å². The van der Waals surface area contributed by atoms with E-state index in [1.165, 1.54) is 6.26 Å². The van der Waals surface area contributed by atoms with Crippen LogP contribution >= 0.6 is 11.3 Å². The van der Waals surface area contributed by atoms with E-state index in [-0.39, 0.29) is 17.2 Å². The topological polar surface area (TPSA) is 55.6 Å². The van der Waals surface area contributed by atoms with Gasteiger partial charge in [0.2, 0.25) is 0 Å². The molecule has 1 saturated heterocycles. The van der Waals surface area contributed by atoms with E-state index in [2.05, 4.69) is 31.1 Å². The first-order chi connectivity index (χ1) is 11.4. The Morgan fingerprint density at radius 1 is 1.46 bits per heavy atom. The molecule has 0 amide bonds. The van der Waals surface area contributed by atoms with E-state index >= 15 is 0 Å². The minimum absolute atomic E-state index is 0.0232. The summed E-state index contributed by atoms with van der Waals surface area (Å²) >= 11 is 1.69. The van der Waals surface area contributed by atoms with Gasteiger partial charge in [0.15, 0.2) is 11.5 Å². The molecule has 24 heavy (non-hydrogen) atoms. The highest BCUT2D eigenvalue weighted by Crippen LogP contribution is 2.25. The van der Waals surface area contributed by atoms with Crippen molar-refractivity contribution in [1.82, 2.24) is 9.88 Å². The first-order valence-corrected chi connectivity index (χ1v) is 9.15. The number of hydrogen-bond donors (Lipinski definition) is 0. The lowest BCUT2D eigenvalue weighted by atomic mass is 9.93. The second kappa shape index (κ2) is 7.17. The predicted octanol–water partition coefficient (Wildman–Crippen LogP) is 3.51. The second-order valence-corrected chi connectivity index (χ2v) is 8.12. The van der Waals surface area contributed by atoms with E-state index in [0.717, 1.165) is 23.8 Å². The molecule has 5 nitrogen and oxygen atoms in total. The molecule has 0 unspecified atom stereocenters. The summed E-state index contributed by atoms with van der Waals surface area (Å²) in [4.78, 5) is 19.4. The summed E-state index contributed by atoms with van der Waals surface area (Å²) in [7, 11) is 0. The number of ether oxygens (including phenoxy) is 1. The average Bonchev–Trinajstić information content (AvgIpc) is 3.19. The summed E-state index contributed by atoms with van der Waals surface area (Å²) in [6, 6.07) is 3.53. The Morgan fingerprint density at radius 2 is 2.29 bits per heavy atom. The van der Waals surface area contributed by atoms with Crippen molar-refractivity contribution in [2.24, 2.45) is 0 Å². The van der Waals surface area contributed by atoms with E-state index in [1.807, 2.05) is 0 Å². The molecule has 2 aromatic rings. The minimum atomic E-state index is 0.0232. The Bertz CT molecular complexity index is 673. The molecule has 3 rings (SSSR count). The molecule has 2 aromatic heterocycles. The summed E-state index contributed by atoms with van der Waals surface area (Å²) in [5.74, 6) is 0.444. The van der Waals surface area contributed by atoms with Crippen LogP contribution in [-0.2, 0) is 16.7 Å².